The quantitative estimate of drug-likeness (QED) is 0.163. The monoisotopic (exact) mass is 702 g/mol. The minimum Gasteiger partial charge on any atom is -0.310 e. The van der Waals surface area contributed by atoms with Crippen molar-refractivity contribution >= 4 is 44.9 Å². The summed E-state index contributed by atoms with van der Waals surface area (Å²) in [5.74, 6) is 0. The van der Waals surface area contributed by atoms with Gasteiger partial charge in [0.2, 0.25) is 0 Å². The molecular weight excluding hydrogens is 665 g/mol. The van der Waals surface area contributed by atoms with E-state index in [-0.39, 0.29) is 0 Å². The van der Waals surface area contributed by atoms with Gasteiger partial charge in [0, 0.05) is 40.2 Å². The van der Waals surface area contributed by atoms with Gasteiger partial charge < -0.3 is 9.80 Å². The second-order valence-electron chi connectivity index (χ2n) is 14.2. The van der Waals surface area contributed by atoms with Crippen LogP contribution in [0.15, 0.2) is 218 Å². The third-order valence-electron chi connectivity index (χ3n) is 10.8. The molecule has 0 aromatic heterocycles. The van der Waals surface area contributed by atoms with E-state index in [0.717, 1.165) is 29.2 Å². The fourth-order valence-corrected chi connectivity index (χ4v) is 8.14. The Morgan fingerprint density at radius 3 is 1.44 bits per heavy atom. The number of anilines is 6. The van der Waals surface area contributed by atoms with Crippen LogP contribution in [0.5, 0.6) is 0 Å². The number of hydrogen-bond acceptors (Lipinski definition) is 2. The Morgan fingerprint density at radius 2 is 0.800 bits per heavy atom. The molecule has 1 heterocycles. The summed E-state index contributed by atoms with van der Waals surface area (Å²) in [5, 5.41) is 2.45. The van der Waals surface area contributed by atoms with E-state index in [1.54, 1.807) is 0 Å². The van der Waals surface area contributed by atoms with Crippen molar-refractivity contribution in [1.29, 1.82) is 0 Å². The van der Waals surface area contributed by atoms with E-state index in [1.165, 1.54) is 66.7 Å². The number of fused-ring (bicyclic) bond motifs is 3. The van der Waals surface area contributed by atoms with Gasteiger partial charge in [0.05, 0.1) is 5.69 Å². The molecule has 0 unspecified atom stereocenters. The van der Waals surface area contributed by atoms with Crippen molar-refractivity contribution in [3.8, 4) is 33.4 Å². The van der Waals surface area contributed by atoms with Crippen LogP contribution in [0.1, 0.15) is 11.1 Å². The lowest BCUT2D eigenvalue weighted by molar-refractivity contribution is 1.09. The van der Waals surface area contributed by atoms with E-state index in [2.05, 4.69) is 228 Å². The molecule has 1 aliphatic rings. The fourth-order valence-electron chi connectivity index (χ4n) is 8.14. The van der Waals surface area contributed by atoms with Gasteiger partial charge in [-0.05, 0) is 117 Å². The highest BCUT2D eigenvalue weighted by Crippen LogP contribution is 2.47. The highest BCUT2D eigenvalue weighted by atomic mass is 15.2. The number of nitrogens with zero attached hydrogens (tertiary/aromatic N) is 2. The first-order chi connectivity index (χ1) is 27.3. The molecule has 10 rings (SSSR count). The molecule has 2 nitrogen and oxygen atoms in total. The maximum absolute atomic E-state index is 2.44. The van der Waals surface area contributed by atoms with Crippen molar-refractivity contribution in [2.45, 2.75) is 6.42 Å². The summed E-state index contributed by atoms with van der Waals surface area (Å²) in [4.78, 5) is 4.80. The average molecular weight is 703 g/mol. The highest BCUT2D eigenvalue weighted by Gasteiger charge is 2.25. The predicted molar refractivity (Wildman–Crippen MR) is 232 cm³/mol. The molecule has 0 fully saturated rings. The van der Waals surface area contributed by atoms with Crippen LogP contribution in [-0.2, 0) is 6.42 Å². The van der Waals surface area contributed by atoms with Crippen molar-refractivity contribution in [2.75, 3.05) is 9.80 Å². The molecule has 0 aliphatic carbocycles. The van der Waals surface area contributed by atoms with Crippen LogP contribution in [0.25, 0.3) is 44.2 Å². The normalized spacial score (nSPS) is 11.9. The zero-order valence-corrected chi connectivity index (χ0v) is 30.4. The van der Waals surface area contributed by atoms with Crippen LogP contribution in [0.4, 0.5) is 34.1 Å². The summed E-state index contributed by atoms with van der Waals surface area (Å²) in [6.07, 6.45) is 0.860. The number of rotatable bonds is 7. The van der Waals surface area contributed by atoms with Crippen LogP contribution >= 0.6 is 0 Å². The van der Waals surface area contributed by atoms with Crippen LogP contribution < -0.4 is 9.80 Å². The molecule has 0 atom stereocenters. The first-order valence-electron chi connectivity index (χ1n) is 19.0. The van der Waals surface area contributed by atoms with Gasteiger partial charge in [-0.1, -0.05) is 152 Å². The first-order valence-corrected chi connectivity index (χ1v) is 19.0. The average Bonchev–Trinajstić information content (AvgIpc) is 3.27. The second kappa shape index (κ2) is 14.0. The number of benzene rings is 9. The summed E-state index contributed by atoms with van der Waals surface area (Å²) >= 11 is 0. The van der Waals surface area contributed by atoms with Crippen LogP contribution in [-0.4, -0.2) is 0 Å². The van der Waals surface area contributed by atoms with Crippen LogP contribution in [0, 0.1) is 0 Å². The molecule has 9 aromatic carbocycles. The Labute approximate surface area is 322 Å². The molecule has 260 valence electrons. The smallest absolute Gasteiger partial charge is 0.0540 e. The van der Waals surface area contributed by atoms with Gasteiger partial charge in [0.15, 0.2) is 0 Å². The summed E-state index contributed by atoms with van der Waals surface area (Å²) in [5.41, 5.74) is 17.0. The summed E-state index contributed by atoms with van der Waals surface area (Å²) in [6.45, 7) is 0. The molecule has 1 aliphatic heterocycles. The molecule has 0 bridgehead atoms. The van der Waals surface area contributed by atoms with Gasteiger partial charge >= 0.3 is 0 Å². The second-order valence-corrected chi connectivity index (χ2v) is 14.2. The Balaban J connectivity index is 1.04. The van der Waals surface area contributed by atoms with E-state index >= 15 is 0 Å². The standard InChI is InChI=1S/C53H38N2/c1-4-13-38(14-5-1)40-23-31-49(32-24-40)55-51-33-27-43(39-15-6-2-7-16-39)35-45(51)37-46-36-44(28-34-52(46)55)41-25-29-48(30-26-41)54(47-19-8-3-9-20-47)53-22-12-18-42-17-10-11-21-50(42)53/h1-36H,37H2. The lowest BCUT2D eigenvalue weighted by Crippen LogP contribution is -2.18. The third kappa shape index (κ3) is 6.14. The first kappa shape index (κ1) is 32.5. The highest BCUT2D eigenvalue weighted by molar-refractivity contribution is 5.99. The molecule has 9 aromatic rings. The third-order valence-corrected chi connectivity index (χ3v) is 10.8. The zero-order chi connectivity index (χ0) is 36.6. The Bertz CT molecular complexity index is 2750. The SMILES string of the molecule is c1ccc(-c2ccc(N3c4ccc(-c5ccccc5)cc4Cc4cc(-c5ccc(N(c6ccccc6)c6cccc7ccccc67)cc5)ccc43)cc2)cc1. The molecule has 55 heavy (non-hydrogen) atoms. The van der Waals surface area contributed by atoms with E-state index in [4.69, 9.17) is 0 Å². The fraction of sp³-hybridized carbons (Fsp3) is 0.0189. The molecule has 0 spiro atoms. The Hall–Kier alpha value is -7.16. The zero-order valence-electron chi connectivity index (χ0n) is 30.4. The molecule has 2 heteroatoms. The largest absolute Gasteiger partial charge is 0.310 e. The van der Waals surface area contributed by atoms with Crippen LogP contribution in [0.2, 0.25) is 0 Å². The molecule has 0 amide bonds. The minimum absolute atomic E-state index is 0.860. The maximum Gasteiger partial charge on any atom is 0.0540 e. The van der Waals surface area contributed by atoms with Gasteiger partial charge in [0.1, 0.15) is 0 Å². The lowest BCUT2D eigenvalue weighted by Gasteiger charge is -2.34. The van der Waals surface area contributed by atoms with E-state index in [0.29, 0.717) is 0 Å². The lowest BCUT2D eigenvalue weighted by atomic mass is 9.90. The van der Waals surface area contributed by atoms with Gasteiger partial charge in [-0.25, -0.2) is 0 Å². The molecule has 0 radical (unpaired) electrons. The summed E-state index contributed by atoms with van der Waals surface area (Å²) in [6, 6.07) is 79.1. The van der Waals surface area contributed by atoms with Gasteiger partial charge in [-0.15, -0.1) is 0 Å². The van der Waals surface area contributed by atoms with Crippen molar-refractivity contribution in [2.24, 2.45) is 0 Å². The van der Waals surface area contributed by atoms with Crippen molar-refractivity contribution in [3.63, 3.8) is 0 Å². The van der Waals surface area contributed by atoms with Crippen molar-refractivity contribution < 1.29 is 0 Å². The van der Waals surface area contributed by atoms with E-state index < -0.39 is 0 Å². The van der Waals surface area contributed by atoms with Gasteiger partial charge in [-0.2, -0.15) is 0 Å². The van der Waals surface area contributed by atoms with E-state index in [9.17, 15) is 0 Å². The number of para-hydroxylation sites is 1. The van der Waals surface area contributed by atoms with Crippen molar-refractivity contribution in [3.05, 3.63) is 230 Å². The maximum atomic E-state index is 2.44. The summed E-state index contributed by atoms with van der Waals surface area (Å²) in [7, 11) is 0. The van der Waals surface area contributed by atoms with Crippen LogP contribution in [0.3, 0.4) is 0 Å². The molecule has 0 saturated carbocycles. The Kier molecular flexibility index (Phi) is 8.27. The topological polar surface area (TPSA) is 6.48 Å². The van der Waals surface area contributed by atoms with Gasteiger partial charge in [-0.3, -0.25) is 0 Å². The molecular formula is C53H38N2. The number of hydrogen-bond donors (Lipinski definition) is 0. The van der Waals surface area contributed by atoms with Gasteiger partial charge in [0.25, 0.3) is 0 Å². The van der Waals surface area contributed by atoms with Crippen molar-refractivity contribution in [1.82, 2.24) is 0 Å². The van der Waals surface area contributed by atoms with E-state index in [1.807, 2.05) is 0 Å². The summed E-state index contributed by atoms with van der Waals surface area (Å²) < 4.78 is 0. The predicted octanol–water partition coefficient (Wildman–Crippen LogP) is 14.7. The molecule has 0 N–H and O–H groups in total. The molecule has 0 saturated heterocycles. The minimum atomic E-state index is 0.860. The Morgan fingerprint density at radius 1 is 0.345 bits per heavy atom.